The second kappa shape index (κ2) is 5.96. The van der Waals surface area contributed by atoms with Crippen LogP contribution in [-0.2, 0) is 13.6 Å². The molecule has 112 valence electrons. The van der Waals surface area contributed by atoms with Gasteiger partial charge >= 0.3 is 12.0 Å². The van der Waals surface area contributed by atoms with Crippen molar-refractivity contribution in [3.63, 3.8) is 0 Å². The van der Waals surface area contributed by atoms with Crippen molar-refractivity contribution in [2.75, 3.05) is 5.32 Å². The van der Waals surface area contributed by atoms with E-state index in [1.54, 1.807) is 30.9 Å². The molecule has 2 aromatic rings. The summed E-state index contributed by atoms with van der Waals surface area (Å²) in [6.07, 6.45) is 1.64. The largest absolute Gasteiger partial charge is 0.478 e. The molecule has 8 heteroatoms. The molecule has 7 nitrogen and oxygen atoms in total. The SMILES string of the molecule is Cc1sc(NC(=O)NCc2ccnn2C)c(C(=O)O)c1C. The highest BCUT2D eigenvalue weighted by molar-refractivity contribution is 7.16. The van der Waals surface area contributed by atoms with E-state index in [2.05, 4.69) is 15.7 Å². The fourth-order valence-corrected chi connectivity index (χ4v) is 2.91. The Bertz CT molecular complexity index is 690. The third-order valence-electron chi connectivity index (χ3n) is 3.18. The van der Waals surface area contributed by atoms with Crippen molar-refractivity contribution >= 4 is 28.3 Å². The second-order valence-corrected chi connectivity index (χ2v) is 5.77. The van der Waals surface area contributed by atoms with Crippen LogP contribution in [0.1, 0.15) is 26.5 Å². The summed E-state index contributed by atoms with van der Waals surface area (Å²) < 4.78 is 1.66. The van der Waals surface area contributed by atoms with E-state index in [4.69, 9.17) is 0 Å². The molecule has 2 aromatic heterocycles. The number of carbonyl (C=O) groups is 2. The van der Waals surface area contributed by atoms with Crippen molar-refractivity contribution < 1.29 is 14.7 Å². The maximum Gasteiger partial charge on any atom is 0.338 e. The van der Waals surface area contributed by atoms with Gasteiger partial charge in [0.25, 0.3) is 0 Å². The van der Waals surface area contributed by atoms with Gasteiger partial charge in [-0.05, 0) is 25.5 Å². The Kier molecular flexibility index (Phi) is 4.27. The molecule has 0 saturated carbocycles. The highest BCUT2D eigenvalue weighted by Gasteiger charge is 2.20. The molecule has 2 rings (SSSR count). The van der Waals surface area contributed by atoms with E-state index in [0.717, 1.165) is 10.6 Å². The molecule has 0 aliphatic heterocycles. The van der Waals surface area contributed by atoms with Gasteiger partial charge in [-0.25, -0.2) is 9.59 Å². The number of aryl methyl sites for hydroxylation is 2. The Morgan fingerprint density at radius 1 is 1.43 bits per heavy atom. The molecule has 0 fully saturated rings. The van der Waals surface area contributed by atoms with Crippen LogP contribution in [0.2, 0.25) is 0 Å². The monoisotopic (exact) mass is 308 g/mol. The summed E-state index contributed by atoms with van der Waals surface area (Å²) in [7, 11) is 1.78. The minimum Gasteiger partial charge on any atom is -0.478 e. The highest BCUT2D eigenvalue weighted by atomic mass is 32.1. The summed E-state index contributed by atoms with van der Waals surface area (Å²) in [6.45, 7) is 3.87. The van der Waals surface area contributed by atoms with Crippen LogP contribution in [0, 0.1) is 13.8 Å². The second-order valence-electron chi connectivity index (χ2n) is 4.55. The molecule has 0 saturated heterocycles. The molecule has 3 N–H and O–H groups in total. The first-order valence-electron chi connectivity index (χ1n) is 6.25. The molecule has 0 aliphatic rings. The number of urea groups is 1. The number of nitrogens with one attached hydrogen (secondary N) is 2. The van der Waals surface area contributed by atoms with Crippen molar-refractivity contribution in [1.29, 1.82) is 0 Å². The average Bonchev–Trinajstić information content (AvgIpc) is 2.92. The number of anilines is 1. The maximum absolute atomic E-state index is 11.9. The molecule has 0 spiro atoms. The first-order valence-corrected chi connectivity index (χ1v) is 7.06. The Morgan fingerprint density at radius 3 is 2.71 bits per heavy atom. The third-order valence-corrected chi connectivity index (χ3v) is 4.30. The zero-order chi connectivity index (χ0) is 15.6. The van der Waals surface area contributed by atoms with Gasteiger partial charge in [-0.15, -0.1) is 11.3 Å². The van der Waals surface area contributed by atoms with Crippen molar-refractivity contribution in [2.24, 2.45) is 7.05 Å². The number of amides is 2. The van der Waals surface area contributed by atoms with E-state index in [0.29, 0.717) is 17.1 Å². The van der Waals surface area contributed by atoms with Crippen LogP contribution in [0.4, 0.5) is 9.80 Å². The number of aromatic carboxylic acids is 1. The topological polar surface area (TPSA) is 96.3 Å². The van der Waals surface area contributed by atoms with Gasteiger partial charge < -0.3 is 10.4 Å². The predicted octanol–water partition coefficient (Wildman–Crippen LogP) is 2.12. The van der Waals surface area contributed by atoms with E-state index in [1.165, 1.54) is 11.3 Å². The van der Waals surface area contributed by atoms with Crippen LogP contribution in [0.25, 0.3) is 0 Å². The molecule has 21 heavy (non-hydrogen) atoms. The zero-order valence-corrected chi connectivity index (χ0v) is 12.7. The number of aromatic nitrogens is 2. The van der Waals surface area contributed by atoms with Crippen molar-refractivity contribution in [3.8, 4) is 0 Å². The quantitative estimate of drug-likeness (QED) is 0.806. The molecule has 0 unspecified atom stereocenters. The number of hydrogen-bond acceptors (Lipinski definition) is 4. The number of carboxylic acid groups (broad SMARTS) is 1. The lowest BCUT2D eigenvalue weighted by molar-refractivity contribution is 0.0697. The molecule has 2 heterocycles. The van der Waals surface area contributed by atoms with Crippen LogP contribution in [0.15, 0.2) is 12.3 Å². The van der Waals surface area contributed by atoms with Crippen LogP contribution in [0.3, 0.4) is 0 Å². The van der Waals surface area contributed by atoms with Gasteiger partial charge in [0.05, 0.1) is 17.8 Å². The Morgan fingerprint density at radius 2 is 2.14 bits per heavy atom. The minimum absolute atomic E-state index is 0.146. The zero-order valence-electron chi connectivity index (χ0n) is 11.9. The summed E-state index contributed by atoms with van der Waals surface area (Å²) >= 11 is 1.25. The van der Waals surface area contributed by atoms with Crippen LogP contribution >= 0.6 is 11.3 Å². The fraction of sp³-hybridized carbons (Fsp3) is 0.308. The van der Waals surface area contributed by atoms with E-state index in [-0.39, 0.29) is 5.56 Å². The van der Waals surface area contributed by atoms with E-state index in [9.17, 15) is 14.7 Å². The number of rotatable bonds is 4. The van der Waals surface area contributed by atoms with Gasteiger partial charge in [-0.1, -0.05) is 0 Å². The van der Waals surface area contributed by atoms with Gasteiger partial charge in [0.2, 0.25) is 0 Å². The Labute approximate surface area is 125 Å². The molecule has 0 atom stereocenters. The summed E-state index contributed by atoms with van der Waals surface area (Å²) in [5.74, 6) is -1.04. The normalized spacial score (nSPS) is 10.4. The summed E-state index contributed by atoms with van der Waals surface area (Å²) in [5.41, 5.74) is 1.67. The number of thiophene rings is 1. The first kappa shape index (κ1) is 15.0. The number of carboxylic acids is 1. The standard InChI is InChI=1S/C13H16N4O3S/c1-7-8(2)21-11(10(7)12(18)19)16-13(20)14-6-9-4-5-15-17(9)3/h4-5H,6H2,1-3H3,(H,18,19)(H2,14,16,20). The predicted molar refractivity (Wildman–Crippen MR) is 79.8 cm³/mol. The lowest BCUT2D eigenvalue weighted by Crippen LogP contribution is -2.29. The first-order chi connectivity index (χ1) is 9.90. The third kappa shape index (κ3) is 3.22. The van der Waals surface area contributed by atoms with Gasteiger partial charge in [0, 0.05) is 18.1 Å². The van der Waals surface area contributed by atoms with Gasteiger partial charge in [0.1, 0.15) is 5.00 Å². The molecule has 0 radical (unpaired) electrons. The van der Waals surface area contributed by atoms with Gasteiger partial charge in [-0.3, -0.25) is 10.00 Å². The molecular weight excluding hydrogens is 292 g/mol. The van der Waals surface area contributed by atoms with E-state index < -0.39 is 12.0 Å². The Hall–Kier alpha value is -2.35. The van der Waals surface area contributed by atoms with Crippen LogP contribution < -0.4 is 10.6 Å². The molecular formula is C13H16N4O3S. The highest BCUT2D eigenvalue weighted by Crippen LogP contribution is 2.32. The summed E-state index contributed by atoms with van der Waals surface area (Å²) in [4.78, 5) is 24.0. The lowest BCUT2D eigenvalue weighted by atomic mass is 10.1. The average molecular weight is 308 g/mol. The van der Waals surface area contributed by atoms with Crippen LogP contribution in [0.5, 0.6) is 0 Å². The van der Waals surface area contributed by atoms with Crippen molar-refractivity contribution in [1.82, 2.24) is 15.1 Å². The molecule has 0 bridgehead atoms. The van der Waals surface area contributed by atoms with Crippen molar-refractivity contribution in [3.05, 3.63) is 34.0 Å². The fourth-order valence-electron chi connectivity index (χ4n) is 1.87. The minimum atomic E-state index is -1.04. The van der Waals surface area contributed by atoms with E-state index >= 15 is 0 Å². The summed E-state index contributed by atoms with van der Waals surface area (Å²) in [6, 6.07) is 1.35. The maximum atomic E-state index is 11.9. The molecule has 0 aromatic carbocycles. The van der Waals surface area contributed by atoms with E-state index in [1.807, 2.05) is 6.92 Å². The lowest BCUT2D eigenvalue weighted by Gasteiger charge is -2.07. The Balaban J connectivity index is 2.05. The number of nitrogens with zero attached hydrogens (tertiary/aromatic N) is 2. The molecule has 0 aliphatic carbocycles. The van der Waals surface area contributed by atoms with Gasteiger partial charge in [-0.2, -0.15) is 5.10 Å². The smallest absolute Gasteiger partial charge is 0.338 e. The van der Waals surface area contributed by atoms with Crippen molar-refractivity contribution in [2.45, 2.75) is 20.4 Å². The summed E-state index contributed by atoms with van der Waals surface area (Å²) in [5, 5.41) is 18.8. The molecule has 2 amide bonds. The van der Waals surface area contributed by atoms with Gasteiger partial charge in [0.15, 0.2) is 0 Å². The number of carbonyl (C=O) groups excluding carboxylic acids is 1. The number of hydrogen-bond donors (Lipinski definition) is 3. The van der Waals surface area contributed by atoms with Crippen LogP contribution in [-0.4, -0.2) is 26.9 Å².